The molecule has 1 heterocycles. The van der Waals surface area contributed by atoms with Gasteiger partial charge in [0.2, 0.25) is 5.91 Å². The molecular weight excluding hydrogens is 430 g/mol. The third-order valence-corrected chi connectivity index (χ3v) is 4.56. The van der Waals surface area contributed by atoms with E-state index in [0.717, 1.165) is 17.7 Å². The maximum absolute atomic E-state index is 12.8. The van der Waals surface area contributed by atoms with Gasteiger partial charge in [-0.15, -0.1) is 0 Å². The lowest BCUT2D eigenvalue weighted by Crippen LogP contribution is -2.41. The number of rotatable bonds is 14. The van der Waals surface area contributed by atoms with Crippen molar-refractivity contribution in [2.45, 2.75) is 53.1 Å². The molecule has 0 bridgehead atoms. The molecule has 1 N–H and O–H groups in total. The maximum Gasteiger partial charge on any atom is 0.339 e. The number of carbonyl (C=O) groups excluding carboxylic acids is 4. The van der Waals surface area contributed by atoms with Crippen LogP contribution in [0.25, 0.3) is 0 Å². The number of imide groups is 2. The van der Waals surface area contributed by atoms with Gasteiger partial charge in [-0.2, -0.15) is 0 Å². The molecule has 5 amide bonds. The van der Waals surface area contributed by atoms with Crippen molar-refractivity contribution in [2.24, 2.45) is 0 Å². The molecule has 1 saturated heterocycles. The fraction of sp³-hybridized carbons (Fsp3) is 0.565. The summed E-state index contributed by atoms with van der Waals surface area (Å²) in [4.78, 5) is 51.4. The van der Waals surface area contributed by atoms with Crippen LogP contribution in [0.1, 0.15) is 47.0 Å². The monoisotopic (exact) mass is 463 g/mol. The molecule has 0 saturated carbocycles. The number of hydrogen-bond acceptors (Lipinski definition) is 7. The lowest BCUT2D eigenvalue weighted by atomic mass is 10.2. The van der Waals surface area contributed by atoms with Gasteiger partial charge in [-0.3, -0.25) is 14.4 Å². The van der Waals surface area contributed by atoms with Gasteiger partial charge < -0.3 is 19.5 Å². The van der Waals surface area contributed by atoms with E-state index in [9.17, 15) is 19.2 Å². The van der Waals surface area contributed by atoms with Crippen LogP contribution in [0.15, 0.2) is 18.2 Å². The Labute approximate surface area is 194 Å². The lowest BCUT2D eigenvalue weighted by molar-refractivity contribution is -0.140. The Morgan fingerprint density at radius 3 is 2.27 bits per heavy atom. The van der Waals surface area contributed by atoms with Gasteiger partial charge in [0.25, 0.3) is 0 Å². The molecular formula is C23H33N3O7. The van der Waals surface area contributed by atoms with Gasteiger partial charge in [-0.05, 0) is 45.2 Å². The standard InChI is InChI=1S/C23H33N3O7/c1-5-11-32-18-9-8-17(14-19(18)33-12-6-2)26-22(29)21(28)25(23(26)30)15-20(27)24-10-7-13-31-16(3)4/h8-9,14,16H,5-7,10-13,15H2,1-4H3,(H,24,27). The highest BCUT2D eigenvalue weighted by atomic mass is 16.5. The summed E-state index contributed by atoms with van der Waals surface area (Å²) >= 11 is 0. The predicted octanol–water partition coefficient (Wildman–Crippen LogP) is 2.49. The van der Waals surface area contributed by atoms with Crippen LogP contribution in [0.3, 0.4) is 0 Å². The van der Waals surface area contributed by atoms with E-state index in [1.165, 1.54) is 12.1 Å². The fourth-order valence-electron chi connectivity index (χ4n) is 2.98. The van der Waals surface area contributed by atoms with E-state index in [1.807, 2.05) is 27.7 Å². The molecule has 0 radical (unpaired) electrons. The maximum atomic E-state index is 12.8. The third-order valence-electron chi connectivity index (χ3n) is 4.56. The minimum atomic E-state index is -1.05. The van der Waals surface area contributed by atoms with Crippen LogP contribution >= 0.6 is 0 Å². The van der Waals surface area contributed by atoms with Crippen molar-refractivity contribution in [1.29, 1.82) is 0 Å². The lowest BCUT2D eigenvalue weighted by Gasteiger charge is -2.18. The normalized spacial score (nSPS) is 13.8. The first kappa shape index (κ1) is 26.1. The van der Waals surface area contributed by atoms with Crippen molar-refractivity contribution in [1.82, 2.24) is 10.2 Å². The Bertz CT molecular complexity index is 856. The molecule has 33 heavy (non-hydrogen) atoms. The van der Waals surface area contributed by atoms with Gasteiger partial charge >= 0.3 is 17.8 Å². The number of urea groups is 1. The molecule has 0 aliphatic carbocycles. The number of nitrogens with one attached hydrogen (secondary N) is 1. The molecule has 0 unspecified atom stereocenters. The SMILES string of the molecule is CCCOc1ccc(N2C(=O)C(=O)N(CC(=O)NCCCOC(C)C)C2=O)cc1OCCC. The predicted molar refractivity (Wildman–Crippen MR) is 121 cm³/mol. The number of benzene rings is 1. The Balaban J connectivity index is 2.08. The second kappa shape index (κ2) is 12.8. The van der Waals surface area contributed by atoms with Gasteiger partial charge in [0, 0.05) is 19.2 Å². The van der Waals surface area contributed by atoms with Gasteiger partial charge in [0.05, 0.1) is 25.0 Å². The van der Waals surface area contributed by atoms with Crippen molar-refractivity contribution >= 4 is 29.4 Å². The van der Waals surface area contributed by atoms with E-state index in [2.05, 4.69) is 5.32 Å². The van der Waals surface area contributed by atoms with Crippen molar-refractivity contribution in [2.75, 3.05) is 37.8 Å². The highest BCUT2D eigenvalue weighted by Gasteiger charge is 2.46. The summed E-state index contributed by atoms with van der Waals surface area (Å²) in [7, 11) is 0. The van der Waals surface area contributed by atoms with Crippen molar-refractivity contribution < 1.29 is 33.4 Å². The highest BCUT2D eigenvalue weighted by Crippen LogP contribution is 2.34. The van der Waals surface area contributed by atoms with Crippen molar-refractivity contribution in [3.8, 4) is 11.5 Å². The van der Waals surface area contributed by atoms with E-state index in [1.54, 1.807) is 6.07 Å². The van der Waals surface area contributed by atoms with Crippen molar-refractivity contribution in [3.05, 3.63) is 18.2 Å². The Kier molecular flexibility index (Phi) is 10.1. The second-order valence-corrected chi connectivity index (χ2v) is 7.77. The van der Waals surface area contributed by atoms with E-state index in [-0.39, 0.29) is 11.8 Å². The minimum Gasteiger partial charge on any atom is -0.490 e. The summed E-state index contributed by atoms with van der Waals surface area (Å²) in [6, 6.07) is 3.70. The minimum absolute atomic E-state index is 0.0951. The molecule has 1 aliphatic rings. The smallest absolute Gasteiger partial charge is 0.339 e. The summed E-state index contributed by atoms with van der Waals surface area (Å²) in [6.07, 6.45) is 2.24. The molecule has 10 heteroatoms. The molecule has 0 spiro atoms. The second-order valence-electron chi connectivity index (χ2n) is 7.77. The Morgan fingerprint density at radius 1 is 0.970 bits per heavy atom. The summed E-state index contributed by atoms with van der Waals surface area (Å²) in [5, 5.41) is 2.62. The summed E-state index contributed by atoms with van der Waals surface area (Å²) < 4.78 is 16.8. The van der Waals surface area contributed by atoms with Gasteiger partial charge in [-0.1, -0.05) is 13.8 Å². The fourth-order valence-corrected chi connectivity index (χ4v) is 2.98. The van der Waals surface area contributed by atoms with Crippen LogP contribution in [0.2, 0.25) is 0 Å². The van der Waals surface area contributed by atoms with E-state index in [0.29, 0.717) is 49.2 Å². The Hall–Kier alpha value is -3.14. The topological polar surface area (TPSA) is 114 Å². The first-order valence-electron chi connectivity index (χ1n) is 11.3. The number of anilines is 1. The van der Waals surface area contributed by atoms with E-state index >= 15 is 0 Å². The van der Waals surface area contributed by atoms with E-state index < -0.39 is 30.3 Å². The molecule has 2 rings (SSSR count). The number of hydrogen-bond donors (Lipinski definition) is 1. The van der Waals surface area contributed by atoms with Crippen LogP contribution in [0.5, 0.6) is 11.5 Å². The molecule has 182 valence electrons. The average molecular weight is 464 g/mol. The van der Waals surface area contributed by atoms with Crippen molar-refractivity contribution in [3.63, 3.8) is 0 Å². The summed E-state index contributed by atoms with van der Waals surface area (Å²) in [5.41, 5.74) is 0.169. The number of ether oxygens (including phenoxy) is 3. The molecule has 10 nitrogen and oxygen atoms in total. The molecule has 1 aromatic carbocycles. The van der Waals surface area contributed by atoms with Crippen LogP contribution in [-0.4, -0.2) is 67.7 Å². The first-order valence-corrected chi connectivity index (χ1v) is 11.3. The zero-order valence-corrected chi connectivity index (χ0v) is 19.7. The first-order chi connectivity index (χ1) is 15.8. The van der Waals surface area contributed by atoms with Crippen LogP contribution in [0, 0.1) is 0 Å². The van der Waals surface area contributed by atoms with Gasteiger partial charge in [-0.25, -0.2) is 14.6 Å². The molecule has 0 atom stereocenters. The zero-order chi connectivity index (χ0) is 24.4. The molecule has 0 aromatic heterocycles. The Morgan fingerprint density at radius 2 is 1.64 bits per heavy atom. The average Bonchev–Trinajstić information content (AvgIpc) is 2.99. The third kappa shape index (κ3) is 7.18. The summed E-state index contributed by atoms with van der Waals surface area (Å²) in [5.74, 6) is -1.76. The molecule has 1 fully saturated rings. The number of nitrogens with zero attached hydrogens (tertiary/aromatic N) is 2. The summed E-state index contributed by atoms with van der Waals surface area (Å²) in [6.45, 7) is 8.91. The largest absolute Gasteiger partial charge is 0.490 e. The number of amides is 5. The quantitative estimate of drug-likeness (QED) is 0.256. The van der Waals surface area contributed by atoms with Gasteiger partial charge in [0.1, 0.15) is 6.54 Å². The highest BCUT2D eigenvalue weighted by molar-refractivity contribution is 6.53. The number of carbonyl (C=O) groups is 4. The zero-order valence-electron chi connectivity index (χ0n) is 19.7. The van der Waals surface area contributed by atoms with E-state index in [4.69, 9.17) is 14.2 Å². The molecule has 1 aliphatic heterocycles. The van der Waals surface area contributed by atoms with Crippen LogP contribution in [0.4, 0.5) is 10.5 Å². The van der Waals surface area contributed by atoms with Gasteiger partial charge in [0.15, 0.2) is 11.5 Å². The van der Waals surface area contributed by atoms with Crippen LogP contribution in [-0.2, 0) is 19.1 Å². The molecule has 1 aromatic rings. The van der Waals surface area contributed by atoms with Crippen LogP contribution < -0.4 is 19.7 Å².